The molecule has 0 saturated carbocycles. The van der Waals surface area contributed by atoms with Gasteiger partial charge in [0.15, 0.2) is 5.78 Å². The first-order chi connectivity index (χ1) is 14.1. The Morgan fingerprint density at radius 3 is 2.43 bits per heavy atom. The highest BCUT2D eigenvalue weighted by Gasteiger charge is 2.46. The minimum atomic E-state index is -0.601. The molecule has 0 spiro atoms. The lowest BCUT2D eigenvalue weighted by Crippen LogP contribution is -2.39. The summed E-state index contributed by atoms with van der Waals surface area (Å²) in [6.07, 6.45) is 1.20. The quantitative estimate of drug-likeness (QED) is 0.497. The average Bonchev–Trinajstić information content (AvgIpc) is 2.66. The standard InChI is InChI=1S/C25H33NO4/c1-15(2)17-7-9-18(10-8-17)22-21(24(28)30-12-11-29-6)16(3)26-19-13-25(4,5)14-20(27)23(19)22/h7-10,15,21-22H,11-14H2,1-6H3/t21?,22-/m1/s1. The number of nitrogens with zero attached hydrogens (tertiary/aromatic N) is 1. The van der Waals surface area contributed by atoms with E-state index in [0.717, 1.165) is 17.7 Å². The third-order valence-electron chi connectivity index (χ3n) is 6.05. The molecule has 3 rings (SSSR count). The molecule has 162 valence electrons. The first-order valence-electron chi connectivity index (χ1n) is 10.7. The molecule has 5 nitrogen and oxygen atoms in total. The van der Waals surface area contributed by atoms with Crippen LogP contribution in [-0.4, -0.2) is 37.8 Å². The predicted molar refractivity (Wildman–Crippen MR) is 118 cm³/mol. The summed E-state index contributed by atoms with van der Waals surface area (Å²) in [6.45, 7) is 10.9. The van der Waals surface area contributed by atoms with Crippen molar-refractivity contribution in [2.24, 2.45) is 16.3 Å². The van der Waals surface area contributed by atoms with Gasteiger partial charge in [-0.1, -0.05) is 52.0 Å². The Kier molecular flexibility index (Phi) is 6.61. The van der Waals surface area contributed by atoms with Crippen molar-refractivity contribution in [1.29, 1.82) is 0 Å². The molecule has 1 unspecified atom stereocenters. The number of benzene rings is 1. The highest BCUT2D eigenvalue weighted by molar-refractivity contribution is 6.09. The number of hydrogen-bond donors (Lipinski definition) is 0. The van der Waals surface area contributed by atoms with Crippen LogP contribution < -0.4 is 0 Å². The molecule has 1 aromatic carbocycles. The van der Waals surface area contributed by atoms with Gasteiger partial charge in [-0.3, -0.25) is 14.6 Å². The lowest BCUT2D eigenvalue weighted by atomic mass is 9.67. The van der Waals surface area contributed by atoms with Crippen molar-refractivity contribution in [2.45, 2.75) is 59.3 Å². The zero-order valence-corrected chi connectivity index (χ0v) is 19.0. The Hall–Kier alpha value is -2.27. The van der Waals surface area contributed by atoms with Crippen LogP contribution in [0.2, 0.25) is 0 Å². The molecule has 1 aliphatic heterocycles. The normalized spacial score (nSPS) is 23.3. The van der Waals surface area contributed by atoms with Gasteiger partial charge in [0.1, 0.15) is 12.5 Å². The first kappa shape index (κ1) is 22.4. The van der Waals surface area contributed by atoms with Crippen molar-refractivity contribution in [3.8, 4) is 0 Å². The van der Waals surface area contributed by atoms with Gasteiger partial charge >= 0.3 is 5.97 Å². The van der Waals surface area contributed by atoms with Crippen molar-refractivity contribution in [3.63, 3.8) is 0 Å². The van der Waals surface area contributed by atoms with Crippen LogP contribution in [0.3, 0.4) is 0 Å². The number of allylic oxidation sites excluding steroid dienone is 2. The zero-order valence-electron chi connectivity index (χ0n) is 19.0. The molecule has 1 heterocycles. The number of ketones is 1. The van der Waals surface area contributed by atoms with Crippen LogP contribution in [0.15, 0.2) is 40.5 Å². The largest absolute Gasteiger partial charge is 0.463 e. The number of ether oxygens (including phenoxy) is 2. The van der Waals surface area contributed by atoms with E-state index in [0.29, 0.717) is 30.2 Å². The second-order valence-corrected chi connectivity index (χ2v) is 9.49. The highest BCUT2D eigenvalue weighted by Crippen LogP contribution is 2.48. The van der Waals surface area contributed by atoms with E-state index >= 15 is 0 Å². The molecule has 2 atom stereocenters. The maximum Gasteiger partial charge on any atom is 0.315 e. The lowest BCUT2D eigenvalue weighted by molar-refractivity contribution is -0.147. The van der Waals surface area contributed by atoms with Gasteiger partial charge in [0.2, 0.25) is 0 Å². The molecule has 30 heavy (non-hydrogen) atoms. The Bertz CT molecular complexity index is 877. The molecule has 0 aromatic heterocycles. The van der Waals surface area contributed by atoms with Crippen LogP contribution in [-0.2, 0) is 19.1 Å². The fourth-order valence-electron chi connectivity index (χ4n) is 4.51. The number of aliphatic imine (C=N–C) groups is 1. The van der Waals surface area contributed by atoms with E-state index in [2.05, 4.69) is 39.8 Å². The molecule has 0 saturated heterocycles. The zero-order chi connectivity index (χ0) is 22.1. The monoisotopic (exact) mass is 411 g/mol. The Labute approximate surface area is 179 Å². The van der Waals surface area contributed by atoms with Crippen LogP contribution in [0, 0.1) is 11.3 Å². The van der Waals surface area contributed by atoms with Gasteiger partial charge in [-0.15, -0.1) is 0 Å². The minimum Gasteiger partial charge on any atom is -0.463 e. The molecule has 1 aliphatic carbocycles. The van der Waals surface area contributed by atoms with E-state index in [9.17, 15) is 9.59 Å². The molecular weight excluding hydrogens is 378 g/mol. The number of rotatable bonds is 6. The first-order valence-corrected chi connectivity index (χ1v) is 10.7. The molecule has 2 aliphatic rings. The summed E-state index contributed by atoms with van der Waals surface area (Å²) >= 11 is 0. The van der Waals surface area contributed by atoms with Crippen LogP contribution >= 0.6 is 0 Å². The summed E-state index contributed by atoms with van der Waals surface area (Å²) in [5.74, 6) is -0.816. The average molecular weight is 412 g/mol. The Morgan fingerprint density at radius 2 is 1.83 bits per heavy atom. The second-order valence-electron chi connectivity index (χ2n) is 9.49. The van der Waals surface area contributed by atoms with E-state index in [1.165, 1.54) is 5.56 Å². The maximum atomic E-state index is 13.2. The predicted octanol–water partition coefficient (Wildman–Crippen LogP) is 4.82. The highest BCUT2D eigenvalue weighted by atomic mass is 16.6. The summed E-state index contributed by atoms with van der Waals surface area (Å²) in [7, 11) is 1.57. The van der Waals surface area contributed by atoms with E-state index in [4.69, 9.17) is 14.5 Å². The van der Waals surface area contributed by atoms with Crippen LogP contribution in [0.4, 0.5) is 0 Å². The van der Waals surface area contributed by atoms with Crippen LogP contribution in [0.1, 0.15) is 70.4 Å². The Balaban J connectivity index is 2.06. The number of carbonyl (C=O) groups excluding carboxylic acids is 2. The summed E-state index contributed by atoms with van der Waals surface area (Å²) in [4.78, 5) is 31.0. The van der Waals surface area contributed by atoms with Crippen LogP contribution in [0.25, 0.3) is 0 Å². The van der Waals surface area contributed by atoms with Crippen molar-refractivity contribution < 1.29 is 19.1 Å². The summed E-state index contributed by atoms with van der Waals surface area (Å²) < 4.78 is 10.5. The van der Waals surface area contributed by atoms with Crippen molar-refractivity contribution in [1.82, 2.24) is 0 Å². The third kappa shape index (κ3) is 4.56. The topological polar surface area (TPSA) is 65.0 Å². The van der Waals surface area contributed by atoms with Gasteiger partial charge in [-0.2, -0.15) is 0 Å². The summed E-state index contributed by atoms with van der Waals surface area (Å²) in [5.41, 5.74) is 4.28. The summed E-state index contributed by atoms with van der Waals surface area (Å²) in [5, 5.41) is 0. The molecule has 0 radical (unpaired) electrons. The van der Waals surface area contributed by atoms with Gasteiger partial charge in [-0.05, 0) is 35.8 Å². The number of esters is 1. The summed E-state index contributed by atoms with van der Waals surface area (Å²) in [6, 6.07) is 8.27. The van der Waals surface area contributed by atoms with Crippen molar-refractivity contribution >= 4 is 17.5 Å². The van der Waals surface area contributed by atoms with E-state index < -0.39 is 5.92 Å². The third-order valence-corrected chi connectivity index (χ3v) is 6.05. The van der Waals surface area contributed by atoms with E-state index in [1.807, 2.05) is 19.1 Å². The molecule has 1 aromatic rings. The van der Waals surface area contributed by atoms with E-state index in [-0.39, 0.29) is 29.7 Å². The Morgan fingerprint density at radius 1 is 1.17 bits per heavy atom. The van der Waals surface area contributed by atoms with E-state index in [1.54, 1.807) is 7.11 Å². The van der Waals surface area contributed by atoms with Gasteiger partial charge in [0.05, 0.1) is 6.61 Å². The van der Waals surface area contributed by atoms with Crippen LogP contribution in [0.5, 0.6) is 0 Å². The lowest BCUT2D eigenvalue weighted by Gasteiger charge is -2.39. The molecule has 0 bridgehead atoms. The smallest absolute Gasteiger partial charge is 0.315 e. The SMILES string of the molecule is COCCOC(=O)C1C(C)=NC2=C(C(=O)CC(C)(C)C2)[C@@H]1c1ccc(C(C)C)cc1. The van der Waals surface area contributed by atoms with Gasteiger partial charge < -0.3 is 9.47 Å². The number of carbonyl (C=O) groups is 2. The fraction of sp³-hybridized carbons (Fsp3) is 0.560. The molecule has 5 heteroatoms. The fourth-order valence-corrected chi connectivity index (χ4v) is 4.51. The maximum absolute atomic E-state index is 13.2. The van der Waals surface area contributed by atoms with Gasteiger partial charge in [0, 0.05) is 36.4 Å². The number of hydrogen-bond acceptors (Lipinski definition) is 5. The van der Waals surface area contributed by atoms with Gasteiger partial charge in [0.25, 0.3) is 0 Å². The number of Topliss-reactive ketones (excluding diaryl/α,β-unsaturated/α-hetero) is 1. The minimum absolute atomic E-state index is 0.0881. The van der Waals surface area contributed by atoms with Gasteiger partial charge in [-0.25, -0.2) is 0 Å². The second kappa shape index (κ2) is 8.84. The molecule has 0 N–H and O–H groups in total. The van der Waals surface area contributed by atoms with Crippen molar-refractivity contribution in [2.75, 3.05) is 20.3 Å². The molecule has 0 amide bonds. The number of methoxy groups -OCH3 is 1. The molecule has 0 fully saturated rings. The molecular formula is C25H33NO4. The van der Waals surface area contributed by atoms with Crippen molar-refractivity contribution in [3.05, 3.63) is 46.7 Å².